The average molecular weight is 206 g/mol. The van der Waals surface area contributed by atoms with E-state index in [0.717, 1.165) is 0 Å². The fourth-order valence-corrected chi connectivity index (χ4v) is 1.57. The molecular formula is C10H21AlF2. The molecule has 3 heteroatoms. The second kappa shape index (κ2) is 18.2. The Hall–Kier alpha value is 0.392. The molecular weight excluding hydrogens is 185 g/mol. The first-order valence-electron chi connectivity index (χ1n) is 5.12. The van der Waals surface area contributed by atoms with E-state index in [-0.39, 0.29) is 9.41 Å². The van der Waals surface area contributed by atoms with E-state index in [9.17, 15) is 0 Å². The van der Waals surface area contributed by atoms with E-state index in [4.69, 9.17) is 0 Å². The molecule has 0 bridgehead atoms. The molecule has 0 aliphatic rings. The largest absolute Gasteiger partial charge is 1.00 e. The quantitative estimate of drug-likeness (QED) is 0.310. The molecule has 0 nitrogen and oxygen atoms in total. The van der Waals surface area contributed by atoms with Crippen molar-refractivity contribution in [2.24, 2.45) is 0 Å². The molecule has 0 aliphatic carbocycles. The van der Waals surface area contributed by atoms with Crippen molar-refractivity contribution in [3.63, 3.8) is 0 Å². The van der Waals surface area contributed by atoms with E-state index in [1.807, 2.05) is 0 Å². The number of unbranched alkanes of at least 4 members (excludes halogenated alkanes) is 7. The first-order chi connectivity index (χ1) is 5.41. The van der Waals surface area contributed by atoms with E-state index >= 15 is 0 Å². The Morgan fingerprint density at radius 2 is 1.08 bits per heavy atom. The molecule has 0 aliphatic heterocycles. The topological polar surface area (TPSA) is 0 Å². The van der Waals surface area contributed by atoms with Gasteiger partial charge in [-0.25, -0.2) is 0 Å². The molecule has 0 unspecified atom stereocenters. The zero-order valence-corrected chi connectivity index (χ0v) is 9.85. The van der Waals surface area contributed by atoms with E-state index in [0.29, 0.717) is 0 Å². The Bertz CT molecular complexity index is 61.9. The molecule has 0 fully saturated rings. The maximum absolute atomic E-state index is 2.79. The van der Waals surface area contributed by atoms with Crippen LogP contribution in [0.2, 0.25) is 5.28 Å². The van der Waals surface area contributed by atoms with Crippen LogP contribution in [0.25, 0.3) is 0 Å². The minimum atomic E-state index is 0. The minimum Gasteiger partial charge on any atom is -1.00 e. The Morgan fingerprint density at radius 1 is 0.692 bits per heavy atom. The van der Waals surface area contributed by atoms with Crippen LogP contribution in [-0.4, -0.2) is 16.3 Å². The summed E-state index contributed by atoms with van der Waals surface area (Å²) in [4.78, 5) is 0. The van der Waals surface area contributed by atoms with Gasteiger partial charge >= 0.3 is 79.9 Å². The van der Waals surface area contributed by atoms with Crippen LogP contribution in [0, 0.1) is 0 Å². The third-order valence-corrected chi connectivity index (χ3v) is 2.47. The summed E-state index contributed by atoms with van der Waals surface area (Å²) in [5, 5.41) is 1.29. The summed E-state index contributed by atoms with van der Waals surface area (Å²) in [6.07, 6.45) is 11.5. The monoisotopic (exact) mass is 206 g/mol. The van der Waals surface area contributed by atoms with Gasteiger partial charge in [0.2, 0.25) is 0 Å². The molecule has 0 saturated heterocycles. The predicted octanol–water partition coefficient (Wildman–Crippen LogP) is -2.28. The maximum atomic E-state index is 2.79. The average Bonchev–Trinajstić information content (AvgIpc) is 2.03. The first kappa shape index (κ1) is 19.0. The third kappa shape index (κ3) is 19.0. The van der Waals surface area contributed by atoms with Crippen molar-refractivity contribution in [3.8, 4) is 0 Å². The smallest absolute Gasteiger partial charge is 1.00 e. The summed E-state index contributed by atoms with van der Waals surface area (Å²) in [5.41, 5.74) is 0. The number of hydrogen-bond acceptors (Lipinski definition) is 0. The standard InChI is InChI=1S/C10H21.Al.2FH/c1-3-5-7-9-10-8-6-4-2;;;/h1,3-10H2,2H3;;2*1H/q;+2;;/p-2. The molecule has 0 radical (unpaired) electrons. The molecule has 0 rings (SSSR count). The maximum Gasteiger partial charge on any atom is -1.00 e. The normalized spacial score (nSPS) is 8.85. The Balaban J connectivity index is -0.000000500. The predicted molar refractivity (Wildman–Crippen MR) is 53.2 cm³/mol. The summed E-state index contributed by atoms with van der Waals surface area (Å²) in [7, 11) is 0. The van der Waals surface area contributed by atoms with Gasteiger partial charge in [0.1, 0.15) is 0 Å². The molecule has 0 amide bonds. The van der Waals surface area contributed by atoms with Gasteiger partial charge in [-0.05, 0) is 0 Å². The second-order valence-corrected chi connectivity index (χ2v) is 3.84. The number of rotatable bonds is 8. The zero-order valence-electron chi connectivity index (χ0n) is 8.70. The van der Waals surface area contributed by atoms with Gasteiger partial charge in [-0.3, -0.25) is 0 Å². The Kier molecular flexibility index (Phi) is 26.7. The molecule has 0 spiro atoms. The van der Waals surface area contributed by atoms with Gasteiger partial charge in [0.25, 0.3) is 0 Å². The molecule has 0 atom stereocenters. The van der Waals surface area contributed by atoms with Crippen LogP contribution in [0.1, 0.15) is 58.3 Å². The molecule has 0 aromatic carbocycles. The molecule has 78 valence electrons. The third-order valence-electron chi connectivity index (χ3n) is 2.06. The van der Waals surface area contributed by atoms with Crippen LogP contribution < -0.4 is 9.41 Å². The number of hydrogen-bond donors (Lipinski definition) is 0. The van der Waals surface area contributed by atoms with Crippen LogP contribution in [0.5, 0.6) is 0 Å². The fraction of sp³-hybridized carbons (Fsp3) is 1.00. The van der Waals surface area contributed by atoms with Gasteiger partial charge in [-0.15, -0.1) is 0 Å². The molecule has 13 heavy (non-hydrogen) atoms. The van der Waals surface area contributed by atoms with Crippen molar-refractivity contribution in [1.82, 2.24) is 0 Å². The van der Waals surface area contributed by atoms with E-state index in [1.54, 1.807) is 0 Å². The van der Waals surface area contributed by atoms with Crippen LogP contribution in [0.3, 0.4) is 0 Å². The van der Waals surface area contributed by atoms with Crippen LogP contribution in [0.15, 0.2) is 0 Å². The van der Waals surface area contributed by atoms with Crippen molar-refractivity contribution in [3.05, 3.63) is 0 Å². The van der Waals surface area contributed by atoms with Gasteiger partial charge in [-0.1, -0.05) is 0 Å². The van der Waals surface area contributed by atoms with Gasteiger partial charge in [0.15, 0.2) is 0 Å². The first-order valence-corrected chi connectivity index (χ1v) is 5.93. The summed E-state index contributed by atoms with van der Waals surface area (Å²) < 4.78 is 0. The van der Waals surface area contributed by atoms with Crippen LogP contribution >= 0.6 is 0 Å². The molecule has 0 N–H and O–H groups in total. The van der Waals surface area contributed by atoms with Gasteiger partial charge in [0, 0.05) is 0 Å². The van der Waals surface area contributed by atoms with Crippen molar-refractivity contribution in [2.45, 2.75) is 63.6 Å². The van der Waals surface area contributed by atoms with Crippen LogP contribution in [-0.2, 0) is 0 Å². The van der Waals surface area contributed by atoms with Crippen LogP contribution in [0.4, 0.5) is 0 Å². The Labute approximate surface area is 89.6 Å². The van der Waals surface area contributed by atoms with E-state index < -0.39 is 0 Å². The van der Waals surface area contributed by atoms with Crippen molar-refractivity contribution in [2.75, 3.05) is 0 Å². The van der Waals surface area contributed by atoms with Crippen molar-refractivity contribution < 1.29 is 9.41 Å². The summed E-state index contributed by atoms with van der Waals surface area (Å²) in [6, 6.07) is 0. The fourth-order valence-electron chi connectivity index (χ4n) is 1.28. The van der Waals surface area contributed by atoms with Crippen molar-refractivity contribution in [1.29, 1.82) is 0 Å². The SMILES string of the molecule is CCCCCCCCC[CH2][Al+2].[F-].[F-]. The molecule has 0 saturated carbocycles. The Morgan fingerprint density at radius 3 is 1.46 bits per heavy atom. The second-order valence-electron chi connectivity index (χ2n) is 3.26. The summed E-state index contributed by atoms with van der Waals surface area (Å²) in [5.74, 6) is 0. The van der Waals surface area contributed by atoms with Gasteiger partial charge < -0.3 is 9.41 Å². The van der Waals surface area contributed by atoms with Crippen molar-refractivity contribution >= 4 is 16.3 Å². The summed E-state index contributed by atoms with van der Waals surface area (Å²) >= 11 is 2.79. The van der Waals surface area contributed by atoms with E-state index in [2.05, 4.69) is 23.2 Å². The molecule has 0 aromatic rings. The van der Waals surface area contributed by atoms with Gasteiger partial charge in [-0.2, -0.15) is 0 Å². The summed E-state index contributed by atoms with van der Waals surface area (Å²) in [6.45, 7) is 2.27. The molecule has 0 aromatic heterocycles. The van der Waals surface area contributed by atoms with E-state index in [1.165, 1.54) is 56.6 Å². The minimum absolute atomic E-state index is 0. The molecule has 0 heterocycles. The zero-order chi connectivity index (χ0) is 8.36. The van der Waals surface area contributed by atoms with Gasteiger partial charge in [0.05, 0.1) is 0 Å². The number of halogens is 2.